The van der Waals surface area contributed by atoms with E-state index in [2.05, 4.69) is 25.1 Å². The molecule has 0 unspecified atom stereocenters. The van der Waals surface area contributed by atoms with E-state index in [1.807, 2.05) is 57.2 Å². The smallest absolute Gasteiger partial charge is 0.410 e. The number of pyridine rings is 1. The van der Waals surface area contributed by atoms with Gasteiger partial charge < -0.3 is 23.8 Å². The number of benzene rings is 2. The molecule has 2 heterocycles. The second kappa shape index (κ2) is 13.8. The molecule has 1 fully saturated rings. The lowest BCUT2D eigenvalue weighted by atomic mass is 10.1. The van der Waals surface area contributed by atoms with Gasteiger partial charge in [-0.3, -0.25) is 0 Å². The van der Waals surface area contributed by atoms with Gasteiger partial charge in [-0.2, -0.15) is 0 Å². The number of aromatic nitrogens is 1. The number of piperidine rings is 1. The molecule has 1 aromatic heterocycles. The van der Waals surface area contributed by atoms with Gasteiger partial charge in [-0.05, 0) is 71.1 Å². The Morgan fingerprint density at radius 2 is 1.64 bits per heavy atom. The van der Waals surface area contributed by atoms with E-state index in [1.54, 1.807) is 4.90 Å². The number of fused-ring (bicyclic) bond motifs is 1. The molecule has 7 heteroatoms. The minimum atomic E-state index is -0.464. The van der Waals surface area contributed by atoms with Crippen LogP contribution in [0.4, 0.5) is 4.79 Å². The predicted molar refractivity (Wildman–Crippen MR) is 153 cm³/mol. The zero-order valence-corrected chi connectivity index (χ0v) is 23.8. The van der Waals surface area contributed by atoms with Crippen molar-refractivity contribution >= 4 is 17.0 Å². The maximum atomic E-state index is 12.2. The Bertz CT molecular complexity index is 1200. The molecule has 1 amide bonds. The predicted octanol–water partition coefficient (Wildman–Crippen LogP) is 6.84. The molecule has 4 rings (SSSR count). The monoisotopic (exact) mass is 534 g/mol. The first-order chi connectivity index (χ1) is 18.8. The Balaban J connectivity index is 1.18. The van der Waals surface area contributed by atoms with E-state index in [-0.39, 0.29) is 12.2 Å². The Morgan fingerprint density at radius 3 is 2.38 bits per heavy atom. The average molecular weight is 535 g/mol. The van der Waals surface area contributed by atoms with Crippen molar-refractivity contribution in [1.29, 1.82) is 0 Å². The fourth-order valence-electron chi connectivity index (χ4n) is 4.64. The van der Waals surface area contributed by atoms with Crippen LogP contribution < -0.4 is 4.74 Å². The molecule has 2 aromatic carbocycles. The number of ether oxygens (including phenoxy) is 4. The standard InChI is InChI=1S/C32H42N2O5/c1-24-29(33-28-15-9-8-14-27(28)30(24)38-22-25-12-6-5-7-13-25)23-36-20-10-11-21-37-26-16-18-34(19-17-26)31(35)39-32(2,3)4/h5-9,12-15,26H,10-11,16-23H2,1-4H3. The van der Waals surface area contributed by atoms with Crippen molar-refractivity contribution in [1.82, 2.24) is 9.88 Å². The molecule has 1 aliphatic rings. The number of hydrogen-bond acceptors (Lipinski definition) is 6. The van der Waals surface area contributed by atoms with Crippen LogP contribution in [0.3, 0.4) is 0 Å². The van der Waals surface area contributed by atoms with Crippen LogP contribution in [0.5, 0.6) is 5.75 Å². The lowest BCUT2D eigenvalue weighted by Gasteiger charge is -2.33. The van der Waals surface area contributed by atoms with Gasteiger partial charge in [-0.1, -0.05) is 42.5 Å². The number of likely N-dealkylation sites (tertiary alicyclic amines) is 1. The van der Waals surface area contributed by atoms with Crippen molar-refractivity contribution < 1.29 is 23.7 Å². The number of para-hydroxylation sites is 1. The van der Waals surface area contributed by atoms with E-state index < -0.39 is 5.60 Å². The second-order valence-corrected chi connectivity index (χ2v) is 11.1. The van der Waals surface area contributed by atoms with Gasteiger partial charge in [0.1, 0.15) is 18.0 Å². The van der Waals surface area contributed by atoms with Crippen LogP contribution in [-0.2, 0) is 27.4 Å². The summed E-state index contributed by atoms with van der Waals surface area (Å²) in [5.41, 5.74) is 3.51. The van der Waals surface area contributed by atoms with Crippen molar-refractivity contribution in [2.75, 3.05) is 26.3 Å². The SMILES string of the molecule is Cc1c(COCCCCOC2CCN(C(=O)OC(C)(C)C)CC2)nc2ccccc2c1OCc1ccccc1. The van der Waals surface area contributed by atoms with Gasteiger partial charge in [0.2, 0.25) is 0 Å². The summed E-state index contributed by atoms with van der Waals surface area (Å²) >= 11 is 0. The molecule has 39 heavy (non-hydrogen) atoms. The molecule has 3 aromatic rings. The third kappa shape index (κ3) is 8.67. The summed E-state index contributed by atoms with van der Waals surface area (Å²) in [5.74, 6) is 0.870. The lowest BCUT2D eigenvalue weighted by Crippen LogP contribution is -2.43. The van der Waals surface area contributed by atoms with Gasteiger partial charge in [-0.25, -0.2) is 9.78 Å². The fourth-order valence-corrected chi connectivity index (χ4v) is 4.64. The normalized spacial score (nSPS) is 14.5. The number of nitrogens with zero attached hydrogens (tertiary/aromatic N) is 2. The van der Waals surface area contributed by atoms with E-state index in [9.17, 15) is 4.79 Å². The van der Waals surface area contributed by atoms with Crippen LogP contribution in [0, 0.1) is 6.92 Å². The summed E-state index contributed by atoms with van der Waals surface area (Å²) in [6, 6.07) is 18.3. The maximum absolute atomic E-state index is 12.2. The Kier molecular flexibility index (Phi) is 10.2. The Labute approximate surface area is 232 Å². The minimum absolute atomic E-state index is 0.198. The summed E-state index contributed by atoms with van der Waals surface area (Å²) in [6.07, 6.45) is 3.50. The Hall–Kier alpha value is -3.16. The van der Waals surface area contributed by atoms with E-state index in [1.165, 1.54) is 0 Å². The molecule has 1 saturated heterocycles. The topological polar surface area (TPSA) is 70.1 Å². The van der Waals surface area contributed by atoms with Crippen molar-refractivity contribution in [2.24, 2.45) is 0 Å². The first-order valence-electron chi connectivity index (χ1n) is 14.0. The van der Waals surface area contributed by atoms with Crippen molar-refractivity contribution in [3.63, 3.8) is 0 Å². The molecular weight excluding hydrogens is 492 g/mol. The largest absolute Gasteiger partial charge is 0.488 e. The quantitative estimate of drug-likeness (QED) is 0.251. The minimum Gasteiger partial charge on any atom is -0.488 e. The Morgan fingerprint density at radius 1 is 0.949 bits per heavy atom. The molecular formula is C32H42N2O5. The molecule has 0 spiro atoms. The van der Waals surface area contributed by atoms with Crippen LogP contribution in [-0.4, -0.2) is 54.0 Å². The van der Waals surface area contributed by atoms with Crippen molar-refractivity contribution in [2.45, 2.75) is 78.3 Å². The lowest BCUT2D eigenvalue weighted by molar-refractivity contribution is -0.0134. The molecule has 0 N–H and O–H groups in total. The van der Waals surface area contributed by atoms with E-state index in [0.29, 0.717) is 39.5 Å². The number of unbranched alkanes of at least 4 members (excludes halogenated alkanes) is 1. The zero-order valence-electron chi connectivity index (χ0n) is 23.8. The molecule has 0 bridgehead atoms. The van der Waals surface area contributed by atoms with E-state index in [0.717, 1.165) is 59.2 Å². The zero-order chi connectivity index (χ0) is 27.7. The van der Waals surface area contributed by atoms with Crippen LogP contribution in [0.1, 0.15) is 63.3 Å². The highest BCUT2D eigenvalue weighted by molar-refractivity contribution is 5.86. The molecule has 0 saturated carbocycles. The molecule has 0 aliphatic carbocycles. The van der Waals surface area contributed by atoms with Crippen LogP contribution in [0.25, 0.3) is 10.9 Å². The number of carbonyl (C=O) groups is 1. The van der Waals surface area contributed by atoms with Gasteiger partial charge in [0, 0.05) is 37.3 Å². The summed E-state index contributed by atoms with van der Waals surface area (Å²) in [7, 11) is 0. The highest BCUT2D eigenvalue weighted by Gasteiger charge is 2.27. The van der Waals surface area contributed by atoms with Crippen LogP contribution >= 0.6 is 0 Å². The van der Waals surface area contributed by atoms with Gasteiger partial charge in [0.25, 0.3) is 0 Å². The second-order valence-electron chi connectivity index (χ2n) is 11.1. The van der Waals surface area contributed by atoms with Crippen LogP contribution in [0.15, 0.2) is 54.6 Å². The summed E-state index contributed by atoms with van der Waals surface area (Å²) in [6.45, 7) is 11.4. The summed E-state index contributed by atoms with van der Waals surface area (Å²) in [4.78, 5) is 18.9. The molecule has 210 valence electrons. The van der Waals surface area contributed by atoms with E-state index in [4.69, 9.17) is 23.9 Å². The van der Waals surface area contributed by atoms with Gasteiger partial charge in [0.15, 0.2) is 0 Å². The number of amides is 1. The number of rotatable bonds is 11. The number of carbonyl (C=O) groups excluding carboxylic acids is 1. The summed E-state index contributed by atoms with van der Waals surface area (Å²) < 4.78 is 23.8. The highest BCUT2D eigenvalue weighted by atomic mass is 16.6. The average Bonchev–Trinajstić information content (AvgIpc) is 2.92. The first kappa shape index (κ1) is 28.8. The van der Waals surface area contributed by atoms with Gasteiger partial charge in [-0.15, -0.1) is 0 Å². The maximum Gasteiger partial charge on any atom is 0.410 e. The van der Waals surface area contributed by atoms with Gasteiger partial charge >= 0.3 is 6.09 Å². The van der Waals surface area contributed by atoms with Crippen LogP contribution in [0.2, 0.25) is 0 Å². The van der Waals surface area contributed by atoms with Crippen molar-refractivity contribution in [3.8, 4) is 5.75 Å². The molecule has 0 radical (unpaired) electrons. The molecule has 1 aliphatic heterocycles. The third-order valence-electron chi connectivity index (χ3n) is 6.77. The van der Waals surface area contributed by atoms with Gasteiger partial charge in [0.05, 0.1) is 23.9 Å². The number of hydrogen-bond donors (Lipinski definition) is 0. The first-order valence-corrected chi connectivity index (χ1v) is 14.0. The third-order valence-corrected chi connectivity index (χ3v) is 6.77. The highest BCUT2D eigenvalue weighted by Crippen LogP contribution is 2.31. The summed E-state index contributed by atoms with van der Waals surface area (Å²) in [5, 5.41) is 1.02. The molecule has 7 nitrogen and oxygen atoms in total. The molecule has 0 atom stereocenters. The van der Waals surface area contributed by atoms with E-state index >= 15 is 0 Å². The fraction of sp³-hybridized carbons (Fsp3) is 0.500. The van der Waals surface area contributed by atoms with Crippen molar-refractivity contribution in [3.05, 3.63) is 71.4 Å².